The van der Waals surface area contributed by atoms with E-state index >= 15 is 0 Å². The van der Waals surface area contributed by atoms with Crippen molar-refractivity contribution in [2.75, 3.05) is 7.11 Å². The van der Waals surface area contributed by atoms with Crippen LogP contribution in [0.5, 0.6) is 5.75 Å². The van der Waals surface area contributed by atoms with Crippen LogP contribution in [0.15, 0.2) is 24.4 Å². The number of carbonyl (C=O) groups is 1. The molecule has 0 saturated heterocycles. The Hall–Kier alpha value is -2.24. The van der Waals surface area contributed by atoms with Gasteiger partial charge >= 0.3 is 0 Å². The molecule has 5 nitrogen and oxygen atoms in total. The number of aromatic nitrogens is 3. The zero-order chi connectivity index (χ0) is 11.5. The van der Waals surface area contributed by atoms with Gasteiger partial charge in [0.1, 0.15) is 11.6 Å². The van der Waals surface area contributed by atoms with E-state index in [-0.39, 0.29) is 11.3 Å². The maximum atomic E-state index is 13.5. The number of nitrogens with one attached hydrogen (secondary N) is 1. The maximum Gasteiger partial charge on any atom is 0.217 e. The Labute approximate surface area is 90.2 Å². The molecule has 16 heavy (non-hydrogen) atoms. The van der Waals surface area contributed by atoms with Gasteiger partial charge in [-0.3, -0.25) is 4.79 Å². The number of carbonyl (C=O) groups excluding carboxylic acids is 1. The monoisotopic (exact) mass is 221 g/mol. The molecule has 0 saturated carbocycles. The molecule has 1 heterocycles. The van der Waals surface area contributed by atoms with Gasteiger partial charge in [0.2, 0.25) is 5.78 Å². The molecule has 1 aromatic heterocycles. The highest BCUT2D eigenvalue weighted by Crippen LogP contribution is 2.18. The van der Waals surface area contributed by atoms with Gasteiger partial charge in [0.15, 0.2) is 5.69 Å². The normalized spacial score (nSPS) is 10.1. The van der Waals surface area contributed by atoms with Crippen LogP contribution in [-0.4, -0.2) is 28.3 Å². The summed E-state index contributed by atoms with van der Waals surface area (Å²) in [5, 5.41) is 9.38. The van der Waals surface area contributed by atoms with Gasteiger partial charge in [0.25, 0.3) is 0 Å². The van der Waals surface area contributed by atoms with Gasteiger partial charge in [-0.15, -0.1) is 0 Å². The quantitative estimate of drug-likeness (QED) is 0.790. The minimum absolute atomic E-state index is 0.0605. The highest BCUT2D eigenvalue weighted by molar-refractivity contribution is 6.07. The summed E-state index contributed by atoms with van der Waals surface area (Å²) < 4.78 is 18.4. The van der Waals surface area contributed by atoms with Gasteiger partial charge in [-0.2, -0.15) is 15.4 Å². The largest absolute Gasteiger partial charge is 0.497 e. The number of halogens is 1. The molecule has 2 rings (SSSR count). The average molecular weight is 221 g/mol. The second-order valence-electron chi connectivity index (χ2n) is 3.03. The lowest BCUT2D eigenvalue weighted by molar-refractivity contribution is 0.103. The Morgan fingerprint density at radius 2 is 2.31 bits per heavy atom. The van der Waals surface area contributed by atoms with Crippen LogP contribution in [0, 0.1) is 5.82 Å². The summed E-state index contributed by atoms with van der Waals surface area (Å²) in [6.45, 7) is 0. The van der Waals surface area contributed by atoms with E-state index in [9.17, 15) is 9.18 Å². The van der Waals surface area contributed by atoms with Crippen LogP contribution in [0.1, 0.15) is 16.1 Å². The highest BCUT2D eigenvalue weighted by Gasteiger charge is 2.16. The van der Waals surface area contributed by atoms with Crippen molar-refractivity contribution in [1.82, 2.24) is 15.4 Å². The number of methoxy groups -OCH3 is 1. The van der Waals surface area contributed by atoms with E-state index in [0.717, 1.165) is 6.07 Å². The SMILES string of the molecule is COc1ccc(C(=O)c2cn[nH]n2)c(F)c1. The van der Waals surface area contributed by atoms with Crippen LogP contribution in [0.3, 0.4) is 0 Å². The topological polar surface area (TPSA) is 67.9 Å². The van der Waals surface area contributed by atoms with Crippen molar-refractivity contribution in [1.29, 1.82) is 0 Å². The minimum Gasteiger partial charge on any atom is -0.497 e. The maximum absolute atomic E-state index is 13.5. The number of ether oxygens (including phenoxy) is 1. The van der Waals surface area contributed by atoms with Crippen LogP contribution in [0.4, 0.5) is 4.39 Å². The second kappa shape index (κ2) is 4.09. The highest BCUT2D eigenvalue weighted by atomic mass is 19.1. The zero-order valence-electron chi connectivity index (χ0n) is 8.40. The van der Waals surface area contributed by atoms with E-state index in [1.807, 2.05) is 0 Å². The third-order valence-corrected chi connectivity index (χ3v) is 2.07. The summed E-state index contributed by atoms with van der Waals surface area (Å²) in [6, 6.07) is 4.01. The average Bonchev–Trinajstić information content (AvgIpc) is 2.81. The lowest BCUT2D eigenvalue weighted by Crippen LogP contribution is -2.05. The minimum atomic E-state index is -0.646. The van der Waals surface area contributed by atoms with Crippen molar-refractivity contribution >= 4 is 5.78 Å². The molecule has 0 unspecified atom stereocenters. The fourth-order valence-electron chi connectivity index (χ4n) is 1.26. The van der Waals surface area contributed by atoms with E-state index in [2.05, 4.69) is 15.4 Å². The van der Waals surface area contributed by atoms with Gasteiger partial charge in [0.05, 0.1) is 18.9 Å². The van der Waals surface area contributed by atoms with Crippen molar-refractivity contribution in [3.8, 4) is 5.75 Å². The van der Waals surface area contributed by atoms with E-state index in [1.54, 1.807) is 0 Å². The third-order valence-electron chi connectivity index (χ3n) is 2.07. The number of benzene rings is 1. The second-order valence-corrected chi connectivity index (χ2v) is 3.03. The molecule has 1 aromatic carbocycles. The van der Waals surface area contributed by atoms with Gasteiger partial charge in [-0.05, 0) is 12.1 Å². The molecular weight excluding hydrogens is 213 g/mol. The Balaban J connectivity index is 2.38. The van der Waals surface area contributed by atoms with Crippen LogP contribution in [0.2, 0.25) is 0 Å². The molecule has 0 radical (unpaired) electrons. The van der Waals surface area contributed by atoms with Crippen LogP contribution in [-0.2, 0) is 0 Å². The fraction of sp³-hybridized carbons (Fsp3) is 0.100. The van der Waals surface area contributed by atoms with Gasteiger partial charge < -0.3 is 4.74 Å². The number of nitrogens with zero attached hydrogens (tertiary/aromatic N) is 2. The Morgan fingerprint density at radius 1 is 1.50 bits per heavy atom. The molecule has 82 valence electrons. The molecule has 0 spiro atoms. The molecule has 0 aliphatic rings. The smallest absolute Gasteiger partial charge is 0.217 e. The summed E-state index contributed by atoms with van der Waals surface area (Å²) in [7, 11) is 1.42. The van der Waals surface area contributed by atoms with Crippen molar-refractivity contribution in [2.24, 2.45) is 0 Å². The van der Waals surface area contributed by atoms with Crippen LogP contribution in [0.25, 0.3) is 0 Å². The number of hydrogen-bond donors (Lipinski definition) is 1. The zero-order valence-corrected chi connectivity index (χ0v) is 8.40. The molecule has 0 bridgehead atoms. The molecule has 0 aliphatic heterocycles. The first-order chi connectivity index (χ1) is 7.72. The fourth-order valence-corrected chi connectivity index (χ4v) is 1.26. The van der Waals surface area contributed by atoms with Gasteiger partial charge in [-0.25, -0.2) is 4.39 Å². The Bertz CT molecular complexity index is 511. The summed E-state index contributed by atoms with van der Waals surface area (Å²) in [6.07, 6.45) is 1.24. The summed E-state index contributed by atoms with van der Waals surface area (Å²) in [4.78, 5) is 11.7. The van der Waals surface area contributed by atoms with E-state index in [0.29, 0.717) is 5.75 Å². The van der Waals surface area contributed by atoms with Crippen molar-refractivity contribution in [3.05, 3.63) is 41.5 Å². The third kappa shape index (κ3) is 1.77. The van der Waals surface area contributed by atoms with E-state index < -0.39 is 11.6 Å². The predicted octanol–water partition coefficient (Wildman–Crippen LogP) is 1.18. The lowest BCUT2D eigenvalue weighted by atomic mass is 10.1. The Morgan fingerprint density at radius 3 is 2.88 bits per heavy atom. The lowest BCUT2D eigenvalue weighted by Gasteiger charge is -2.02. The first-order valence-corrected chi connectivity index (χ1v) is 4.46. The molecule has 2 aromatic rings. The Kier molecular flexibility index (Phi) is 2.63. The standard InChI is InChI=1S/C10H8FN3O2/c1-16-6-2-3-7(8(11)4-6)10(15)9-5-12-14-13-9/h2-5H,1H3,(H,12,13,14). The van der Waals surface area contributed by atoms with Crippen molar-refractivity contribution < 1.29 is 13.9 Å². The summed E-state index contributed by atoms with van der Waals surface area (Å²) >= 11 is 0. The molecule has 0 aliphatic carbocycles. The van der Waals surface area contributed by atoms with Crippen LogP contribution >= 0.6 is 0 Å². The molecule has 0 atom stereocenters. The number of H-pyrrole nitrogens is 1. The van der Waals surface area contributed by atoms with Crippen molar-refractivity contribution in [2.45, 2.75) is 0 Å². The first kappa shape index (κ1) is 10.3. The van der Waals surface area contributed by atoms with Gasteiger partial charge in [-0.1, -0.05) is 0 Å². The number of hydrogen-bond acceptors (Lipinski definition) is 4. The molecule has 0 amide bonds. The summed E-state index contributed by atoms with van der Waals surface area (Å²) in [5.41, 5.74) is 0.0127. The van der Waals surface area contributed by atoms with E-state index in [1.165, 1.54) is 25.4 Å². The number of ketones is 1. The van der Waals surface area contributed by atoms with E-state index in [4.69, 9.17) is 4.74 Å². The summed E-state index contributed by atoms with van der Waals surface area (Å²) in [5.74, 6) is -0.810. The predicted molar refractivity (Wildman–Crippen MR) is 52.8 cm³/mol. The number of aromatic amines is 1. The number of rotatable bonds is 3. The molecule has 0 fully saturated rings. The van der Waals surface area contributed by atoms with Gasteiger partial charge in [0, 0.05) is 6.07 Å². The van der Waals surface area contributed by atoms with Crippen LogP contribution < -0.4 is 4.74 Å². The molecular formula is C10H8FN3O2. The first-order valence-electron chi connectivity index (χ1n) is 4.46. The molecule has 6 heteroatoms. The van der Waals surface area contributed by atoms with Crippen molar-refractivity contribution in [3.63, 3.8) is 0 Å². The molecule has 1 N–H and O–H groups in total.